The SMILES string of the molecule is CCOc1ccccc1NC(=O)CCN1CCSCC1. The maximum Gasteiger partial charge on any atom is 0.225 e. The molecular formula is C15H22N2O2S. The molecule has 1 fully saturated rings. The maximum atomic E-state index is 12.0. The minimum Gasteiger partial charge on any atom is -0.492 e. The molecule has 2 rings (SSSR count). The first-order valence-corrected chi connectivity index (χ1v) is 8.27. The Balaban J connectivity index is 1.81. The summed E-state index contributed by atoms with van der Waals surface area (Å²) in [5.74, 6) is 3.14. The predicted molar refractivity (Wildman–Crippen MR) is 84.6 cm³/mol. The van der Waals surface area contributed by atoms with Crippen molar-refractivity contribution in [2.45, 2.75) is 13.3 Å². The molecule has 5 heteroatoms. The molecule has 1 saturated heterocycles. The molecule has 0 spiro atoms. The third kappa shape index (κ3) is 4.72. The molecule has 4 nitrogen and oxygen atoms in total. The van der Waals surface area contributed by atoms with E-state index in [2.05, 4.69) is 10.2 Å². The van der Waals surface area contributed by atoms with Crippen LogP contribution in [-0.2, 0) is 4.79 Å². The molecule has 1 aromatic carbocycles. The van der Waals surface area contributed by atoms with E-state index in [1.165, 1.54) is 11.5 Å². The van der Waals surface area contributed by atoms with E-state index < -0.39 is 0 Å². The van der Waals surface area contributed by atoms with Crippen LogP contribution >= 0.6 is 11.8 Å². The summed E-state index contributed by atoms with van der Waals surface area (Å²) in [7, 11) is 0. The molecule has 0 bridgehead atoms. The fourth-order valence-corrected chi connectivity index (χ4v) is 3.13. The molecule has 0 aromatic heterocycles. The van der Waals surface area contributed by atoms with Gasteiger partial charge in [-0.3, -0.25) is 4.79 Å². The van der Waals surface area contributed by atoms with Gasteiger partial charge >= 0.3 is 0 Å². The van der Waals surface area contributed by atoms with Crippen LogP contribution in [0.4, 0.5) is 5.69 Å². The number of carbonyl (C=O) groups is 1. The minimum absolute atomic E-state index is 0.0513. The van der Waals surface area contributed by atoms with Crippen LogP contribution in [0.3, 0.4) is 0 Å². The lowest BCUT2D eigenvalue weighted by Crippen LogP contribution is -2.34. The number of nitrogens with one attached hydrogen (secondary N) is 1. The molecule has 0 atom stereocenters. The van der Waals surface area contributed by atoms with Crippen LogP contribution in [0.25, 0.3) is 0 Å². The Labute approximate surface area is 124 Å². The maximum absolute atomic E-state index is 12.0. The van der Waals surface area contributed by atoms with E-state index in [-0.39, 0.29) is 5.91 Å². The van der Waals surface area contributed by atoms with Gasteiger partial charge in [0.15, 0.2) is 0 Å². The Bertz CT molecular complexity index is 434. The molecule has 20 heavy (non-hydrogen) atoms. The van der Waals surface area contributed by atoms with Crippen molar-refractivity contribution in [2.75, 3.05) is 43.1 Å². The monoisotopic (exact) mass is 294 g/mol. The molecule has 1 aromatic rings. The van der Waals surface area contributed by atoms with Crippen molar-refractivity contribution >= 4 is 23.4 Å². The number of ether oxygens (including phenoxy) is 1. The van der Waals surface area contributed by atoms with Gasteiger partial charge in [-0.05, 0) is 19.1 Å². The fourth-order valence-electron chi connectivity index (χ4n) is 2.15. The minimum atomic E-state index is 0.0513. The van der Waals surface area contributed by atoms with Gasteiger partial charge in [-0.1, -0.05) is 12.1 Å². The number of rotatable bonds is 6. The lowest BCUT2D eigenvalue weighted by atomic mass is 10.2. The third-order valence-electron chi connectivity index (χ3n) is 3.22. The second kappa shape index (κ2) is 8.17. The van der Waals surface area contributed by atoms with Crippen molar-refractivity contribution in [2.24, 2.45) is 0 Å². The van der Waals surface area contributed by atoms with Gasteiger partial charge in [0.25, 0.3) is 0 Å². The normalized spacial score (nSPS) is 15.8. The zero-order valence-corrected chi connectivity index (χ0v) is 12.7. The van der Waals surface area contributed by atoms with Crippen molar-refractivity contribution < 1.29 is 9.53 Å². The number of benzene rings is 1. The molecule has 1 amide bonds. The number of anilines is 1. The van der Waals surface area contributed by atoms with E-state index in [0.29, 0.717) is 13.0 Å². The van der Waals surface area contributed by atoms with Gasteiger partial charge < -0.3 is 15.0 Å². The quantitative estimate of drug-likeness (QED) is 0.875. The van der Waals surface area contributed by atoms with Crippen LogP contribution in [0.1, 0.15) is 13.3 Å². The molecule has 1 heterocycles. The smallest absolute Gasteiger partial charge is 0.225 e. The van der Waals surface area contributed by atoms with Gasteiger partial charge in [0.2, 0.25) is 5.91 Å². The van der Waals surface area contributed by atoms with Gasteiger partial charge in [0, 0.05) is 37.6 Å². The van der Waals surface area contributed by atoms with Gasteiger partial charge in [-0.15, -0.1) is 0 Å². The van der Waals surface area contributed by atoms with E-state index in [1.807, 2.05) is 43.0 Å². The third-order valence-corrected chi connectivity index (χ3v) is 4.16. The van der Waals surface area contributed by atoms with E-state index in [9.17, 15) is 4.79 Å². The van der Waals surface area contributed by atoms with Crippen molar-refractivity contribution in [3.8, 4) is 5.75 Å². The molecular weight excluding hydrogens is 272 g/mol. The highest BCUT2D eigenvalue weighted by Crippen LogP contribution is 2.23. The predicted octanol–water partition coefficient (Wildman–Crippen LogP) is 2.46. The number of para-hydroxylation sites is 2. The van der Waals surface area contributed by atoms with Crippen LogP contribution in [0.2, 0.25) is 0 Å². The summed E-state index contributed by atoms with van der Waals surface area (Å²) < 4.78 is 5.50. The standard InChI is InChI=1S/C15H22N2O2S/c1-2-19-14-6-4-3-5-13(14)16-15(18)7-8-17-9-11-20-12-10-17/h3-6H,2,7-12H2,1H3,(H,16,18). The van der Waals surface area contributed by atoms with E-state index in [0.717, 1.165) is 31.1 Å². The molecule has 1 aliphatic heterocycles. The first-order chi connectivity index (χ1) is 9.79. The van der Waals surface area contributed by atoms with Crippen molar-refractivity contribution in [3.05, 3.63) is 24.3 Å². The first kappa shape index (κ1) is 15.2. The van der Waals surface area contributed by atoms with Crippen LogP contribution < -0.4 is 10.1 Å². The number of hydrogen-bond acceptors (Lipinski definition) is 4. The van der Waals surface area contributed by atoms with Crippen LogP contribution in [0.15, 0.2) is 24.3 Å². The largest absolute Gasteiger partial charge is 0.492 e. The molecule has 1 aliphatic rings. The lowest BCUT2D eigenvalue weighted by Gasteiger charge is -2.25. The number of hydrogen-bond donors (Lipinski definition) is 1. The molecule has 1 N–H and O–H groups in total. The highest BCUT2D eigenvalue weighted by atomic mass is 32.2. The highest BCUT2D eigenvalue weighted by Gasteiger charge is 2.13. The summed E-state index contributed by atoms with van der Waals surface area (Å²) in [6, 6.07) is 7.56. The van der Waals surface area contributed by atoms with E-state index in [1.54, 1.807) is 0 Å². The van der Waals surface area contributed by atoms with Gasteiger partial charge in [0.1, 0.15) is 5.75 Å². The molecule has 0 radical (unpaired) electrons. The van der Waals surface area contributed by atoms with Crippen molar-refractivity contribution in [3.63, 3.8) is 0 Å². The highest BCUT2D eigenvalue weighted by molar-refractivity contribution is 7.99. The summed E-state index contributed by atoms with van der Waals surface area (Å²) >= 11 is 1.98. The number of amides is 1. The summed E-state index contributed by atoms with van der Waals surface area (Å²) in [4.78, 5) is 14.4. The number of carbonyl (C=O) groups excluding carboxylic acids is 1. The van der Waals surface area contributed by atoms with Crippen molar-refractivity contribution in [1.82, 2.24) is 4.90 Å². The average molecular weight is 294 g/mol. The molecule has 0 unspecified atom stereocenters. The Morgan fingerprint density at radius 3 is 2.85 bits per heavy atom. The van der Waals surface area contributed by atoms with Gasteiger partial charge in [-0.25, -0.2) is 0 Å². The summed E-state index contributed by atoms with van der Waals surface area (Å²) in [5.41, 5.74) is 0.758. The van der Waals surface area contributed by atoms with Gasteiger partial charge in [0.05, 0.1) is 12.3 Å². The van der Waals surface area contributed by atoms with Crippen LogP contribution in [-0.4, -0.2) is 48.6 Å². The number of nitrogens with zero attached hydrogens (tertiary/aromatic N) is 1. The second-order valence-electron chi connectivity index (χ2n) is 4.68. The van der Waals surface area contributed by atoms with E-state index in [4.69, 9.17) is 4.74 Å². The average Bonchev–Trinajstić information content (AvgIpc) is 2.49. The molecule has 0 saturated carbocycles. The first-order valence-electron chi connectivity index (χ1n) is 7.11. The Kier molecular flexibility index (Phi) is 6.21. The Morgan fingerprint density at radius 1 is 1.35 bits per heavy atom. The lowest BCUT2D eigenvalue weighted by molar-refractivity contribution is -0.116. The number of thioether (sulfide) groups is 1. The van der Waals surface area contributed by atoms with Crippen LogP contribution in [0.5, 0.6) is 5.75 Å². The fraction of sp³-hybridized carbons (Fsp3) is 0.533. The summed E-state index contributed by atoms with van der Waals surface area (Å²) in [6.45, 7) is 5.55. The zero-order chi connectivity index (χ0) is 14.2. The van der Waals surface area contributed by atoms with Crippen molar-refractivity contribution in [1.29, 1.82) is 0 Å². The summed E-state index contributed by atoms with van der Waals surface area (Å²) in [5, 5.41) is 2.94. The molecule has 0 aliphatic carbocycles. The van der Waals surface area contributed by atoms with Crippen LogP contribution in [0, 0.1) is 0 Å². The Morgan fingerprint density at radius 2 is 2.10 bits per heavy atom. The topological polar surface area (TPSA) is 41.6 Å². The van der Waals surface area contributed by atoms with E-state index >= 15 is 0 Å². The Hall–Kier alpha value is -1.20. The molecule has 110 valence electrons. The zero-order valence-electron chi connectivity index (χ0n) is 11.9. The second-order valence-corrected chi connectivity index (χ2v) is 5.91. The van der Waals surface area contributed by atoms with Gasteiger partial charge in [-0.2, -0.15) is 11.8 Å². The summed E-state index contributed by atoms with van der Waals surface area (Å²) in [6.07, 6.45) is 0.533.